The van der Waals surface area contributed by atoms with Crippen molar-refractivity contribution >= 4 is 23.5 Å². The van der Waals surface area contributed by atoms with E-state index in [-0.39, 0.29) is 11.5 Å². The van der Waals surface area contributed by atoms with Gasteiger partial charge in [-0.25, -0.2) is 4.79 Å². The average molecular weight is 392 g/mol. The number of hydrogen-bond acceptors (Lipinski definition) is 5. The summed E-state index contributed by atoms with van der Waals surface area (Å²) >= 11 is 5.91. The first-order valence-corrected chi connectivity index (χ1v) is 8.77. The number of methoxy groups -OCH3 is 2. The van der Waals surface area contributed by atoms with Gasteiger partial charge in [-0.2, -0.15) is 0 Å². The molecule has 2 aromatic rings. The molecule has 0 saturated heterocycles. The van der Waals surface area contributed by atoms with E-state index >= 15 is 0 Å². The first-order chi connectivity index (χ1) is 12.9. The Morgan fingerprint density at radius 3 is 2.41 bits per heavy atom. The summed E-state index contributed by atoms with van der Waals surface area (Å²) in [6, 6.07) is 12.2. The molecule has 0 aliphatic rings. The normalized spacial score (nSPS) is 11.4. The fourth-order valence-electron chi connectivity index (χ4n) is 2.38. The molecule has 0 unspecified atom stereocenters. The fourth-order valence-corrected chi connectivity index (χ4v) is 2.56. The summed E-state index contributed by atoms with van der Waals surface area (Å²) in [5.74, 6) is 0.0567. The average Bonchev–Trinajstić information content (AvgIpc) is 2.68. The minimum absolute atomic E-state index is 0.169. The fraction of sp³-hybridized carbons (Fsp3) is 0.300. The predicted molar refractivity (Wildman–Crippen MR) is 103 cm³/mol. The quantitative estimate of drug-likeness (QED) is 0.699. The number of esters is 1. The second-order valence-electron chi connectivity index (χ2n) is 5.78. The third kappa shape index (κ3) is 5.89. The van der Waals surface area contributed by atoms with Crippen molar-refractivity contribution in [2.75, 3.05) is 20.8 Å². The van der Waals surface area contributed by atoms with Crippen LogP contribution in [0.15, 0.2) is 42.5 Å². The lowest BCUT2D eigenvalue weighted by Gasteiger charge is -2.15. The lowest BCUT2D eigenvalue weighted by Crippen LogP contribution is -2.37. The first kappa shape index (κ1) is 20.6. The molecule has 0 fully saturated rings. The number of nitrogens with one attached hydrogen (secondary N) is 1. The van der Waals surface area contributed by atoms with E-state index in [4.69, 9.17) is 25.8 Å². The van der Waals surface area contributed by atoms with Crippen LogP contribution in [-0.2, 0) is 16.0 Å². The molecule has 0 bridgehead atoms. The molecule has 0 saturated carbocycles. The molecule has 7 heteroatoms. The highest BCUT2D eigenvalue weighted by atomic mass is 35.5. The molecule has 27 heavy (non-hydrogen) atoms. The summed E-state index contributed by atoms with van der Waals surface area (Å²) in [6.45, 7) is 1.94. The van der Waals surface area contributed by atoms with Gasteiger partial charge in [-0.1, -0.05) is 23.7 Å². The standard InChI is InChI=1S/C20H22ClNO5/c1-13(27-20(24)17-12-15(21)6-9-18(17)26-3)19(23)22-11-10-14-4-7-16(25-2)8-5-14/h4-9,12-13H,10-11H2,1-3H3,(H,22,23)/t13-/m0/s1. The van der Waals surface area contributed by atoms with E-state index in [1.165, 1.54) is 20.1 Å². The SMILES string of the molecule is COc1ccc(CCNC(=O)[C@H](C)OC(=O)c2cc(Cl)ccc2OC)cc1. The van der Waals surface area contributed by atoms with Crippen LogP contribution in [-0.4, -0.2) is 38.7 Å². The van der Waals surface area contributed by atoms with Crippen molar-refractivity contribution in [3.05, 3.63) is 58.6 Å². The van der Waals surface area contributed by atoms with Gasteiger partial charge >= 0.3 is 5.97 Å². The van der Waals surface area contributed by atoms with Crippen LogP contribution in [0.3, 0.4) is 0 Å². The maximum absolute atomic E-state index is 12.3. The van der Waals surface area contributed by atoms with Crippen LogP contribution in [0.4, 0.5) is 0 Å². The van der Waals surface area contributed by atoms with Crippen molar-refractivity contribution in [1.82, 2.24) is 5.32 Å². The Morgan fingerprint density at radius 1 is 1.07 bits per heavy atom. The number of hydrogen-bond donors (Lipinski definition) is 1. The van der Waals surface area contributed by atoms with Crippen LogP contribution in [0.2, 0.25) is 5.02 Å². The third-order valence-electron chi connectivity index (χ3n) is 3.91. The number of halogens is 1. The second-order valence-corrected chi connectivity index (χ2v) is 6.22. The molecule has 1 amide bonds. The highest BCUT2D eigenvalue weighted by Crippen LogP contribution is 2.23. The van der Waals surface area contributed by atoms with Crippen molar-refractivity contribution < 1.29 is 23.8 Å². The van der Waals surface area contributed by atoms with E-state index in [9.17, 15) is 9.59 Å². The van der Waals surface area contributed by atoms with Crippen LogP contribution in [0.1, 0.15) is 22.8 Å². The highest BCUT2D eigenvalue weighted by molar-refractivity contribution is 6.31. The van der Waals surface area contributed by atoms with Gasteiger partial charge in [0.1, 0.15) is 17.1 Å². The molecule has 1 N–H and O–H groups in total. The minimum atomic E-state index is -0.947. The monoisotopic (exact) mass is 391 g/mol. The largest absolute Gasteiger partial charge is 0.497 e. The van der Waals surface area contributed by atoms with Gasteiger partial charge in [-0.3, -0.25) is 4.79 Å². The number of carbonyl (C=O) groups is 2. The maximum atomic E-state index is 12.3. The van der Waals surface area contributed by atoms with E-state index in [0.29, 0.717) is 23.7 Å². The molecule has 0 radical (unpaired) electrons. The number of amides is 1. The predicted octanol–water partition coefficient (Wildman–Crippen LogP) is 3.26. The Balaban J connectivity index is 1.85. The summed E-state index contributed by atoms with van der Waals surface area (Å²) in [6.07, 6.45) is -0.296. The van der Waals surface area contributed by atoms with E-state index in [1.54, 1.807) is 19.2 Å². The molecule has 6 nitrogen and oxygen atoms in total. The van der Waals surface area contributed by atoms with E-state index in [0.717, 1.165) is 11.3 Å². The number of ether oxygens (including phenoxy) is 3. The second kappa shape index (κ2) is 9.83. The zero-order valence-electron chi connectivity index (χ0n) is 15.5. The van der Waals surface area contributed by atoms with Gasteiger partial charge < -0.3 is 19.5 Å². The molecule has 1 atom stereocenters. The van der Waals surface area contributed by atoms with Gasteiger partial charge in [0.05, 0.1) is 14.2 Å². The van der Waals surface area contributed by atoms with Gasteiger partial charge in [0, 0.05) is 11.6 Å². The summed E-state index contributed by atoms with van der Waals surface area (Å²) in [5, 5.41) is 3.13. The lowest BCUT2D eigenvalue weighted by molar-refractivity contribution is -0.129. The van der Waals surface area contributed by atoms with E-state index < -0.39 is 12.1 Å². The van der Waals surface area contributed by atoms with Gasteiger partial charge in [-0.05, 0) is 49.2 Å². The van der Waals surface area contributed by atoms with Crippen molar-refractivity contribution in [1.29, 1.82) is 0 Å². The molecule has 0 spiro atoms. The van der Waals surface area contributed by atoms with Crippen LogP contribution in [0.5, 0.6) is 11.5 Å². The lowest BCUT2D eigenvalue weighted by atomic mass is 10.1. The van der Waals surface area contributed by atoms with E-state index in [2.05, 4.69) is 5.32 Å². The topological polar surface area (TPSA) is 73.9 Å². The molecular formula is C20H22ClNO5. The summed E-state index contributed by atoms with van der Waals surface area (Å²) in [4.78, 5) is 24.5. The Labute approximate surface area is 163 Å². The van der Waals surface area contributed by atoms with Crippen LogP contribution < -0.4 is 14.8 Å². The first-order valence-electron chi connectivity index (χ1n) is 8.39. The molecule has 2 aromatic carbocycles. The minimum Gasteiger partial charge on any atom is -0.497 e. The molecule has 2 rings (SSSR count). The number of carbonyl (C=O) groups excluding carboxylic acids is 2. The van der Waals surface area contributed by atoms with Gasteiger partial charge in [0.15, 0.2) is 6.10 Å². The van der Waals surface area contributed by atoms with Gasteiger partial charge in [0.25, 0.3) is 5.91 Å². The van der Waals surface area contributed by atoms with Crippen molar-refractivity contribution in [2.45, 2.75) is 19.4 Å². The van der Waals surface area contributed by atoms with Crippen LogP contribution >= 0.6 is 11.6 Å². The van der Waals surface area contributed by atoms with Gasteiger partial charge in [0.2, 0.25) is 0 Å². The Hall–Kier alpha value is -2.73. The molecular weight excluding hydrogens is 370 g/mol. The third-order valence-corrected chi connectivity index (χ3v) is 4.14. The molecule has 0 aliphatic carbocycles. The Morgan fingerprint density at radius 2 is 1.78 bits per heavy atom. The Bertz CT molecular complexity index is 791. The van der Waals surface area contributed by atoms with Crippen molar-refractivity contribution in [3.63, 3.8) is 0 Å². The van der Waals surface area contributed by atoms with Crippen molar-refractivity contribution in [3.8, 4) is 11.5 Å². The molecule has 144 valence electrons. The zero-order chi connectivity index (χ0) is 19.8. The van der Waals surface area contributed by atoms with E-state index in [1.807, 2.05) is 24.3 Å². The number of benzene rings is 2. The van der Waals surface area contributed by atoms with Crippen LogP contribution in [0.25, 0.3) is 0 Å². The van der Waals surface area contributed by atoms with Gasteiger partial charge in [-0.15, -0.1) is 0 Å². The Kier molecular flexibility index (Phi) is 7.49. The van der Waals surface area contributed by atoms with Crippen LogP contribution in [0, 0.1) is 0 Å². The molecule has 0 aromatic heterocycles. The number of rotatable bonds is 8. The molecule has 0 aliphatic heterocycles. The maximum Gasteiger partial charge on any atom is 0.342 e. The summed E-state index contributed by atoms with van der Waals surface area (Å²) < 4.78 is 15.5. The van der Waals surface area contributed by atoms with Crippen molar-refractivity contribution in [2.24, 2.45) is 0 Å². The highest BCUT2D eigenvalue weighted by Gasteiger charge is 2.21. The molecule has 0 heterocycles. The summed E-state index contributed by atoms with van der Waals surface area (Å²) in [5.41, 5.74) is 1.23. The summed E-state index contributed by atoms with van der Waals surface area (Å²) in [7, 11) is 3.05. The zero-order valence-corrected chi connectivity index (χ0v) is 16.2. The smallest absolute Gasteiger partial charge is 0.342 e.